The topological polar surface area (TPSA) is 156 Å². The summed E-state index contributed by atoms with van der Waals surface area (Å²) in [6.45, 7) is -0.682. The van der Waals surface area contributed by atoms with Crippen molar-refractivity contribution in [3.05, 3.63) is 23.8 Å². The van der Waals surface area contributed by atoms with Crippen LogP contribution in [-0.2, 0) is 9.47 Å². The SMILES string of the molecule is O=C(O)OCC(COC(=O)O)Sc1nc2cc(C(=O)O)ccc2o1. The summed E-state index contributed by atoms with van der Waals surface area (Å²) in [5, 5.41) is 25.4. The zero-order valence-electron chi connectivity index (χ0n) is 11.9. The molecule has 0 spiro atoms. The van der Waals surface area contributed by atoms with Gasteiger partial charge in [-0.05, 0) is 18.2 Å². The Labute approximate surface area is 138 Å². The van der Waals surface area contributed by atoms with Crippen LogP contribution in [0.1, 0.15) is 10.4 Å². The molecule has 0 unspecified atom stereocenters. The molecule has 2 rings (SSSR count). The van der Waals surface area contributed by atoms with Crippen molar-refractivity contribution < 1.29 is 43.6 Å². The predicted molar refractivity (Wildman–Crippen MR) is 78.6 cm³/mol. The van der Waals surface area contributed by atoms with Crippen molar-refractivity contribution in [3.8, 4) is 0 Å². The Balaban J connectivity index is 2.14. The van der Waals surface area contributed by atoms with E-state index in [9.17, 15) is 14.4 Å². The first-order valence-electron chi connectivity index (χ1n) is 6.37. The average Bonchev–Trinajstić information content (AvgIpc) is 2.90. The van der Waals surface area contributed by atoms with Gasteiger partial charge in [-0.15, -0.1) is 0 Å². The molecule has 0 atom stereocenters. The third-order valence-corrected chi connectivity index (χ3v) is 3.65. The molecule has 11 heteroatoms. The van der Waals surface area contributed by atoms with Gasteiger partial charge in [0.15, 0.2) is 5.58 Å². The van der Waals surface area contributed by atoms with Crippen LogP contribution < -0.4 is 0 Å². The van der Waals surface area contributed by atoms with E-state index in [1.165, 1.54) is 18.2 Å². The summed E-state index contributed by atoms with van der Waals surface area (Å²) in [6, 6.07) is 4.11. The fraction of sp³-hybridized carbons (Fsp3) is 0.231. The van der Waals surface area contributed by atoms with E-state index in [-0.39, 0.29) is 24.0 Å². The molecule has 0 bridgehead atoms. The maximum Gasteiger partial charge on any atom is 0.505 e. The molecular formula is C13H11NO9S. The number of thioether (sulfide) groups is 1. The second kappa shape index (κ2) is 7.55. The van der Waals surface area contributed by atoms with Gasteiger partial charge < -0.3 is 29.2 Å². The summed E-state index contributed by atoms with van der Waals surface area (Å²) >= 11 is 0.911. The third kappa shape index (κ3) is 4.78. The van der Waals surface area contributed by atoms with Crippen LogP contribution in [0.5, 0.6) is 0 Å². The molecule has 1 aromatic carbocycles. The van der Waals surface area contributed by atoms with E-state index >= 15 is 0 Å². The van der Waals surface area contributed by atoms with Gasteiger partial charge in [0.2, 0.25) is 0 Å². The molecule has 0 saturated carbocycles. The summed E-state index contributed by atoms with van der Waals surface area (Å²) in [4.78, 5) is 35.9. The van der Waals surface area contributed by atoms with Gasteiger partial charge in [-0.2, -0.15) is 0 Å². The van der Waals surface area contributed by atoms with Crippen LogP contribution in [0.15, 0.2) is 27.8 Å². The molecular weight excluding hydrogens is 346 g/mol. The smallest absolute Gasteiger partial charge is 0.478 e. The number of carboxylic acid groups (broad SMARTS) is 3. The lowest BCUT2D eigenvalue weighted by Gasteiger charge is -2.12. The van der Waals surface area contributed by atoms with Gasteiger partial charge in [-0.3, -0.25) is 0 Å². The van der Waals surface area contributed by atoms with Crippen molar-refractivity contribution in [2.45, 2.75) is 10.5 Å². The highest BCUT2D eigenvalue weighted by Crippen LogP contribution is 2.28. The van der Waals surface area contributed by atoms with Crippen LogP contribution in [0, 0.1) is 0 Å². The van der Waals surface area contributed by atoms with E-state index < -0.39 is 23.5 Å². The molecule has 128 valence electrons. The van der Waals surface area contributed by atoms with Crippen molar-refractivity contribution >= 4 is 41.1 Å². The number of aromatic carboxylic acids is 1. The number of oxazole rings is 1. The summed E-state index contributed by atoms with van der Waals surface area (Å²) < 4.78 is 14.2. The number of carbonyl (C=O) groups is 3. The monoisotopic (exact) mass is 357 g/mol. The highest BCUT2D eigenvalue weighted by molar-refractivity contribution is 7.99. The summed E-state index contributed by atoms with van der Waals surface area (Å²) in [7, 11) is 0. The van der Waals surface area contributed by atoms with Gasteiger partial charge in [0, 0.05) is 0 Å². The maximum absolute atomic E-state index is 10.9. The number of nitrogens with zero attached hydrogens (tertiary/aromatic N) is 1. The van der Waals surface area contributed by atoms with Crippen LogP contribution in [-0.4, -0.2) is 57.0 Å². The number of benzene rings is 1. The molecule has 0 radical (unpaired) electrons. The van der Waals surface area contributed by atoms with Crippen LogP contribution >= 0.6 is 11.8 Å². The average molecular weight is 357 g/mol. The Morgan fingerprint density at radius 2 is 1.75 bits per heavy atom. The van der Waals surface area contributed by atoms with E-state index in [1.54, 1.807) is 0 Å². The van der Waals surface area contributed by atoms with Crippen molar-refractivity contribution in [1.29, 1.82) is 0 Å². The van der Waals surface area contributed by atoms with Crippen LogP contribution in [0.2, 0.25) is 0 Å². The quantitative estimate of drug-likeness (QED) is 0.493. The van der Waals surface area contributed by atoms with Crippen LogP contribution in [0.4, 0.5) is 9.59 Å². The molecule has 1 aromatic heterocycles. The standard InChI is InChI=1S/C13H11NO9S/c15-10(16)6-1-2-9-8(3-6)14-11(23-9)24-7(4-21-12(17)18)5-22-13(19)20/h1-3,7H,4-5H2,(H,15,16)(H,17,18)(H,19,20). The molecule has 3 N–H and O–H groups in total. The second-order valence-electron chi connectivity index (χ2n) is 4.36. The van der Waals surface area contributed by atoms with Gasteiger partial charge in [0.05, 0.1) is 10.8 Å². The first-order valence-corrected chi connectivity index (χ1v) is 7.25. The Morgan fingerprint density at radius 1 is 1.12 bits per heavy atom. The lowest BCUT2D eigenvalue weighted by atomic mass is 10.2. The minimum Gasteiger partial charge on any atom is -0.478 e. The number of hydrogen-bond acceptors (Lipinski definition) is 8. The largest absolute Gasteiger partial charge is 0.505 e. The number of ether oxygens (including phenoxy) is 2. The van der Waals surface area contributed by atoms with E-state index in [0.29, 0.717) is 11.1 Å². The highest BCUT2D eigenvalue weighted by Gasteiger charge is 2.20. The summed E-state index contributed by atoms with van der Waals surface area (Å²) in [6.07, 6.45) is -3.03. The normalized spacial score (nSPS) is 10.7. The van der Waals surface area contributed by atoms with Crippen LogP contribution in [0.3, 0.4) is 0 Å². The Hall–Kier alpha value is -2.95. The van der Waals surface area contributed by atoms with Crippen molar-refractivity contribution in [1.82, 2.24) is 4.98 Å². The molecule has 2 aromatic rings. The van der Waals surface area contributed by atoms with E-state index in [2.05, 4.69) is 14.5 Å². The first-order chi connectivity index (χ1) is 11.3. The van der Waals surface area contributed by atoms with E-state index in [0.717, 1.165) is 11.8 Å². The minimum atomic E-state index is -1.51. The molecule has 0 aliphatic carbocycles. The number of fused-ring (bicyclic) bond motifs is 1. The number of rotatable bonds is 7. The predicted octanol–water partition coefficient (Wildman–Crippen LogP) is 2.38. The minimum absolute atomic E-state index is 0.0346. The third-order valence-electron chi connectivity index (χ3n) is 2.67. The van der Waals surface area contributed by atoms with Gasteiger partial charge in [-0.25, -0.2) is 19.4 Å². The Morgan fingerprint density at radius 3 is 2.29 bits per heavy atom. The molecule has 0 saturated heterocycles. The molecule has 10 nitrogen and oxygen atoms in total. The zero-order valence-corrected chi connectivity index (χ0v) is 12.7. The van der Waals surface area contributed by atoms with Crippen LogP contribution in [0.25, 0.3) is 11.1 Å². The van der Waals surface area contributed by atoms with Gasteiger partial charge >= 0.3 is 18.3 Å². The van der Waals surface area contributed by atoms with Gasteiger partial charge in [0.25, 0.3) is 5.22 Å². The Kier molecular flexibility index (Phi) is 5.47. The maximum atomic E-state index is 10.9. The molecule has 0 aliphatic rings. The zero-order chi connectivity index (χ0) is 17.7. The molecule has 0 amide bonds. The summed E-state index contributed by atoms with van der Waals surface area (Å²) in [5.41, 5.74) is 0.668. The second-order valence-corrected chi connectivity index (χ2v) is 5.61. The van der Waals surface area contributed by atoms with E-state index in [1.807, 2.05) is 0 Å². The molecule has 24 heavy (non-hydrogen) atoms. The van der Waals surface area contributed by atoms with E-state index in [4.69, 9.17) is 19.7 Å². The lowest BCUT2D eigenvalue weighted by Crippen LogP contribution is -2.22. The fourth-order valence-electron chi connectivity index (χ4n) is 1.68. The lowest BCUT2D eigenvalue weighted by molar-refractivity contribution is 0.0687. The molecule has 0 aliphatic heterocycles. The highest BCUT2D eigenvalue weighted by atomic mass is 32.2. The number of aromatic nitrogens is 1. The van der Waals surface area contributed by atoms with Crippen molar-refractivity contribution in [3.63, 3.8) is 0 Å². The molecule has 1 heterocycles. The van der Waals surface area contributed by atoms with Crippen molar-refractivity contribution in [2.75, 3.05) is 13.2 Å². The van der Waals surface area contributed by atoms with Gasteiger partial charge in [-0.1, -0.05) is 11.8 Å². The van der Waals surface area contributed by atoms with Crippen molar-refractivity contribution in [2.24, 2.45) is 0 Å². The first kappa shape index (κ1) is 17.4. The Bertz CT molecular complexity index is 754. The number of carboxylic acids is 1. The summed E-state index contributed by atoms with van der Waals surface area (Å²) in [5.74, 6) is -1.11. The number of hydrogen-bond donors (Lipinski definition) is 3. The molecule has 0 fully saturated rings. The van der Waals surface area contributed by atoms with Gasteiger partial charge in [0.1, 0.15) is 18.7 Å². The fourth-order valence-corrected chi connectivity index (χ4v) is 2.52.